The zero-order chi connectivity index (χ0) is 19.8. The molecule has 1 N–H and O–H groups in total. The van der Waals surface area contributed by atoms with E-state index in [1.807, 2.05) is 35.0 Å². The van der Waals surface area contributed by atoms with E-state index in [2.05, 4.69) is 10.4 Å². The average molecular weight is 391 g/mol. The van der Waals surface area contributed by atoms with Gasteiger partial charge in [0.2, 0.25) is 0 Å². The first-order valence-corrected chi connectivity index (χ1v) is 9.61. The van der Waals surface area contributed by atoms with Gasteiger partial charge in [-0.1, -0.05) is 0 Å². The Bertz CT molecular complexity index is 1190. The van der Waals surface area contributed by atoms with E-state index in [1.165, 1.54) is 0 Å². The van der Waals surface area contributed by atoms with Crippen molar-refractivity contribution in [1.29, 1.82) is 0 Å². The minimum Gasteiger partial charge on any atom is -0.496 e. The fourth-order valence-electron chi connectivity index (χ4n) is 3.81. The maximum Gasteiger partial charge on any atom is 0.261 e. The Balaban J connectivity index is 1.49. The molecule has 1 saturated heterocycles. The summed E-state index contributed by atoms with van der Waals surface area (Å²) in [4.78, 5) is 17.8. The minimum absolute atomic E-state index is 0.251. The van der Waals surface area contributed by atoms with Crippen LogP contribution in [0.25, 0.3) is 11.2 Å². The Morgan fingerprint density at radius 2 is 2.14 bits per heavy atom. The van der Waals surface area contributed by atoms with Crippen molar-refractivity contribution in [3.8, 4) is 5.75 Å². The number of carbonyl (C=O) groups is 1. The van der Waals surface area contributed by atoms with Gasteiger partial charge in [-0.3, -0.25) is 4.79 Å². The fraction of sp³-hybridized carbons (Fsp3) is 0.286. The lowest BCUT2D eigenvalue weighted by atomic mass is 9.97. The summed E-state index contributed by atoms with van der Waals surface area (Å²) < 4.78 is 14.5. The SMILES string of the molecule is COc1cc2nc(C3CCOCC3)cn2cc1C(=O)Nc1cccn2nccc12. The number of aromatic nitrogens is 4. The molecule has 8 heteroatoms. The van der Waals surface area contributed by atoms with Crippen LogP contribution in [0.4, 0.5) is 5.69 Å². The van der Waals surface area contributed by atoms with Crippen LogP contribution in [0, 0.1) is 0 Å². The topological polar surface area (TPSA) is 82.2 Å². The lowest BCUT2D eigenvalue weighted by Gasteiger charge is -2.19. The number of pyridine rings is 2. The van der Waals surface area contributed by atoms with Gasteiger partial charge in [0.25, 0.3) is 5.91 Å². The van der Waals surface area contributed by atoms with E-state index in [0.717, 1.165) is 42.9 Å². The lowest BCUT2D eigenvalue weighted by Crippen LogP contribution is -2.14. The van der Waals surface area contributed by atoms with Crippen molar-refractivity contribution in [1.82, 2.24) is 19.0 Å². The fourth-order valence-corrected chi connectivity index (χ4v) is 3.81. The molecule has 0 aromatic carbocycles. The first-order valence-electron chi connectivity index (χ1n) is 9.61. The molecule has 0 unspecified atom stereocenters. The van der Waals surface area contributed by atoms with Crippen LogP contribution in [0.1, 0.15) is 34.8 Å². The summed E-state index contributed by atoms with van der Waals surface area (Å²) in [7, 11) is 1.56. The predicted octanol–water partition coefficient (Wildman–Crippen LogP) is 3.14. The third-order valence-corrected chi connectivity index (χ3v) is 5.36. The molecule has 0 bridgehead atoms. The highest BCUT2D eigenvalue weighted by Gasteiger charge is 2.21. The van der Waals surface area contributed by atoms with Gasteiger partial charge in [-0.05, 0) is 31.0 Å². The Labute approximate surface area is 167 Å². The van der Waals surface area contributed by atoms with Crippen LogP contribution < -0.4 is 10.1 Å². The Kier molecular flexibility index (Phi) is 4.40. The van der Waals surface area contributed by atoms with Gasteiger partial charge in [0.05, 0.1) is 35.8 Å². The number of fused-ring (bicyclic) bond motifs is 2. The van der Waals surface area contributed by atoms with Gasteiger partial charge in [0.15, 0.2) is 0 Å². The highest BCUT2D eigenvalue weighted by atomic mass is 16.5. The maximum atomic E-state index is 13.0. The number of rotatable bonds is 4. The third-order valence-electron chi connectivity index (χ3n) is 5.36. The summed E-state index contributed by atoms with van der Waals surface area (Å²) in [5.74, 6) is 0.616. The van der Waals surface area contributed by atoms with Crippen LogP contribution in [0.3, 0.4) is 0 Å². The number of anilines is 1. The number of nitrogens with zero attached hydrogens (tertiary/aromatic N) is 4. The first-order chi connectivity index (χ1) is 14.2. The molecule has 1 aliphatic rings. The standard InChI is InChI=1S/C21H21N5O3/c1-28-19-11-20-23-17(14-5-9-29-10-6-14)13-25(20)12-15(19)21(27)24-16-3-2-8-26-18(16)4-7-22-26/h2-4,7-8,11-14H,5-6,9-10H2,1H3,(H,24,27). The van der Waals surface area contributed by atoms with Crippen molar-refractivity contribution in [3.63, 3.8) is 0 Å². The van der Waals surface area contributed by atoms with E-state index in [1.54, 1.807) is 30.1 Å². The van der Waals surface area contributed by atoms with Gasteiger partial charge in [-0.15, -0.1) is 0 Å². The molecule has 148 valence electrons. The number of carbonyl (C=O) groups excluding carboxylic acids is 1. The second-order valence-corrected chi connectivity index (χ2v) is 7.11. The van der Waals surface area contributed by atoms with E-state index < -0.39 is 0 Å². The van der Waals surface area contributed by atoms with Crippen LogP contribution in [0.15, 0.2) is 49.1 Å². The molecule has 1 aliphatic heterocycles. The summed E-state index contributed by atoms with van der Waals surface area (Å²) in [6.45, 7) is 1.52. The van der Waals surface area contributed by atoms with Gasteiger partial charge in [0, 0.05) is 43.8 Å². The number of hydrogen-bond donors (Lipinski definition) is 1. The van der Waals surface area contributed by atoms with E-state index in [0.29, 0.717) is 22.9 Å². The third kappa shape index (κ3) is 3.21. The molecule has 8 nitrogen and oxygen atoms in total. The molecular weight excluding hydrogens is 370 g/mol. The van der Waals surface area contributed by atoms with Gasteiger partial charge in [-0.25, -0.2) is 9.50 Å². The van der Waals surface area contributed by atoms with Crippen molar-refractivity contribution in [3.05, 3.63) is 60.3 Å². The van der Waals surface area contributed by atoms with Crippen molar-refractivity contribution in [2.75, 3.05) is 25.6 Å². The van der Waals surface area contributed by atoms with Crippen LogP contribution >= 0.6 is 0 Å². The zero-order valence-corrected chi connectivity index (χ0v) is 16.0. The molecule has 0 radical (unpaired) electrons. The Hall–Kier alpha value is -3.39. The van der Waals surface area contributed by atoms with Gasteiger partial charge in [0.1, 0.15) is 11.4 Å². The Morgan fingerprint density at radius 3 is 2.97 bits per heavy atom. The highest BCUT2D eigenvalue weighted by Crippen LogP contribution is 2.29. The molecule has 0 saturated carbocycles. The van der Waals surface area contributed by atoms with Crippen molar-refractivity contribution >= 4 is 22.8 Å². The largest absolute Gasteiger partial charge is 0.496 e. The Morgan fingerprint density at radius 1 is 1.28 bits per heavy atom. The minimum atomic E-state index is -0.251. The molecule has 0 aliphatic carbocycles. The molecule has 0 atom stereocenters. The van der Waals surface area contributed by atoms with E-state index in [4.69, 9.17) is 14.5 Å². The molecular formula is C21H21N5O3. The van der Waals surface area contributed by atoms with Crippen molar-refractivity contribution in [2.24, 2.45) is 0 Å². The van der Waals surface area contributed by atoms with Crippen LogP contribution in [0.2, 0.25) is 0 Å². The summed E-state index contributed by atoms with van der Waals surface area (Å²) in [5.41, 5.74) is 3.74. The smallest absolute Gasteiger partial charge is 0.261 e. The highest BCUT2D eigenvalue weighted by molar-refractivity contribution is 6.08. The zero-order valence-electron chi connectivity index (χ0n) is 16.0. The van der Waals surface area contributed by atoms with Gasteiger partial charge in [-0.2, -0.15) is 5.10 Å². The first kappa shape index (κ1) is 17.7. The van der Waals surface area contributed by atoms with Crippen LogP contribution in [0.5, 0.6) is 5.75 Å². The van der Waals surface area contributed by atoms with Crippen molar-refractivity contribution < 1.29 is 14.3 Å². The molecule has 0 spiro atoms. The maximum absolute atomic E-state index is 13.0. The second kappa shape index (κ2) is 7.21. The van der Waals surface area contributed by atoms with Crippen LogP contribution in [-0.4, -0.2) is 45.2 Å². The molecule has 1 fully saturated rings. The quantitative estimate of drug-likeness (QED) is 0.578. The van der Waals surface area contributed by atoms with E-state index in [9.17, 15) is 4.79 Å². The summed E-state index contributed by atoms with van der Waals surface area (Å²) >= 11 is 0. The molecule has 1 amide bonds. The molecule has 4 aromatic rings. The number of imidazole rings is 1. The van der Waals surface area contributed by atoms with E-state index >= 15 is 0 Å². The molecule has 5 rings (SSSR count). The summed E-state index contributed by atoms with van der Waals surface area (Å²) in [6, 6.07) is 7.34. The van der Waals surface area contributed by atoms with E-state index in [-0.39, 0.29) is 5.91 Å². The molecule has 5 heterocycles. The van der Waals surface area contributed by atoms with Crippen LogP contribution in [-0.2, 0) is 4.74 Å². The lowest BCUT2D eigenvalue weighted by molar-refractivity contribution is 0.0846. The van der Waals surface area contributed by atoms with Gasteiger partial charge < -0.3 is 19.2 Å². The average Bonchev–Trinajstić information content (AvgIpc) is 3.40. The molecule has 29 heavy (non-hydrogen) atoms. The second-order valence-electron chi connectivity index (χ2n) is 7.11. The number of hydrogen-bond acceptors (Lipinski definition) is 5. The van der Waals surface area contributed by atoms with Gasteiger partial charge >= 0.3 is 0 Å². The number of nitrogens with one attached hydrogen (secondary N) is 1. The number of ether oxygens (including phenoxy) is 2. The summed E-state index contributed by atoms with van der Waals surface area (Å²) in [6.07, 6.45) is 9.23. The number of methoxy groups -OCH3 is 1. The predicted molar refractivity (Wildman–Crippen MR) is 108 cm³/mol. The summed E-state index contributed by atoms with van der Waals surface area (Å²) in [5, 5.41) is 7.17. The monoisotopic (exact) mass is 391 g/mol. The van der Waals surface area contributed by atoms with Crippen molar-refractivity contribution in [2.45, 2.75) is 18.8 Å². The number of amides is 1. The molecule has 4 aromatic heterocycles. The normalized spacial score (nSPS) is 15.1.